The first-order chi connectivity index (χ1) is 12.2. The van der Waals surface area contributed by atoms with E-state index in [2.05, 4.69) is 9.97 Å². The van der Waals surface area contributed by atoms with Gasteiger partial charge in [-0.1, -0.05) is 12.1 Å². The van der Waals surface area contributed by atoms with Gasteiger partial charge in [-0.15, -0.1) is 0 Å². The molecule has 0 aliphatic heterocycles. The first kappa shape index (κ1) is 15.4. The molecule has 0 aliphatic carbocycles. The molecule has 0 spiro atoms. The summed E-state index contributed by atoms with van der Waals surface area (Å²) >= 11 is 0. The molecule has 0 unspecified atom stereocenters. The van der Waals surface area contributed by atoms with Gasteiger partial charge in [-0.3, -0.25) is 9.36 Å². The predicted molar refractivity (Wildman–Crippen MR) is 94.5 cm³/mol. The van der Waals surface area contributed by atoms with Crippen molar-refractivity contribution in [1.82, 2.24) is 14.5 Å². The Kier molecular flexibility index (Phi) is 3.72. The van der Waals surface area contributed by atoms with Crippen LogP contribution >= 0.6 is 0 Å². The van der Waals surface area contributed by atoms with E-state index < -0.39 is 0 Å². The van der Waals surface area contributed by atoms with Crippen LogP contribution in [0, 0.1) is 5.82 Å². The van der Waals surface area contributed by atoms with E-state index in [0.717, 1.165) is 11.3 Å². The van der Waals surface area contributed by atoms with Crippen molar-refractivity contribution in [3.05, 3.63) is 70.5 Å². The summed E-state index contributed by atoms with van der Waals surface area (Å²) in [5.74, 6) is 0.452. The minimum atomic E-state index is -0.348. The summed E-state index contributed by atoms with van der Waals surface area (Å²) in [6, 6.07) is 12.1. The van der Waals surface area contributed by atoms with Crippen LogP contribution in [0.1, 0.15) is 5.56 Å². The predicted octanol–water partition coefficient (Wildman–Crippen LogP) is 3.27. The highest BCUT2D eigenvalue weighted by atomic mass is 19.1. The molecule has 126 valence electrons. The zero-order valence-electron chi connectivity index (χ0n) is 13.6. The quantitative estimate of drug-likeness (QED) is 0.622. The molecule has 2 heterocycles. The maximum absolute atomic E-state index is 13.5. The van der Waals surface area contributed by atoms with Crippen LogP contribution in [0.4, 0.5) is 4.39 Å². The molecule has 0 aliphatic rings. The number of halogens is 1. The van der Waals surface area contributed by atoms with Crippen LogP contribution in [0.3, 0.4) is 0 Å². The second kappa shape index (κ2) is 6.05. The molecule has 1 N–H and O–H groups in total. The van der Waals surface area contributed by atoms with E-state index in [-0.39, 0.29) is 11.4 Å². The Bertz CT molecular complexity index is 1110. The number of nitrogens with one attached hydrogen (secondary N) is 1. The van der Waals surface area contributed by atoms with Crippen molar-refractivity contribution < 1.29 is 9.13 Å². The van der Waals surface area contributed by atoms with E-state index in [1.807, 2.05) is 24.3 Å². The van der Waals surface area contributed by atoms with E-state index in [0.29, 0.717) is 34.9 Å². The monoisotopic (exact) mass is 337 g/mol. The Balaban J connectivity index is 1.67. The molecule has 6 heteroatoms. The van der Waals surface area contributed by atoms with Crippen molar-refractivity contribution in [1.29, 1.82) is 0 Å². The summed E-state index contributed by atoms with van der Waals surface area (Å²) in [5.41, 5.74) is 2.55. The van der Waals surface area contributed by atoms with Gasteiger partial charge in [0.05, 0.1) is 13.4 Å². The molecular formula is C19H16FN3O2. The maximum atomic E-state index is 13.5. The second-order valence-corrected chi connectivity index (χ2v) is 5.88. The standard InChI is InChI=1S/C19H16FN3O2/c1-25-14-5-2-12(3-6-14)8-9-23-11-21-17-15-10-13(20)4-7-16(15)22-18(17)19(23)24/h2-7,10-11,22H,8-9H2,1H3. The average molecular weight is 337 g/mol. The van der Waals surface area contributed by atoms with E-state index in [1.54, 1.807) is 17.7 Å². The Morgan fingerprint density at radius 1 is 1.20 bits per heavy atom. The minimum absolute atomic E-state index is 0.157. The van der Waals surface area contributed by atoms with Crippen molar-refractivity contribution in [3.8, 4) is 5.75 Å². The van der Waals surface area contributed by atoms with Crippen LogP contribution in [-0.2, 0) is 13.0 Å². The maximum Gasteiger partial charge on any atom is 0.277 e. The highest BCUT2D eigenvalue weighted by molar-refractivity contribution is 6.04. The van der Waals surface area contributed by atoms with Gasteiger partial charge in [-0.25, -0.2) is 9.37 Å². The summed E-state index contributed by atoms with van der Waals surface area (Å²) in [6.45, 7) is 0.512. The van der Waals surface area contributed by atoms with Gasteiger partial charge < -0.3 is 9.72 Å². The third kappa shape index (κ3) is 2.76. The molecule has 0 amide bonds. The van der Waals surface area contributed by atoms with Crippen LogP contribution in [0.5, 0.6) is 5.75 Å². The van der Waals surface area contributed by atoms with Crippen LogP contribution in [-0.4, -0.2) is 21.6 Å². The first-order valence-electron chi connectivity index (χ1n) is 7.95. The molecule has 5 nitrogen and oxygen atoms in total. The van der Waals surface area contributed by atoms with Crippen LogP contribution in [0.25, 0.3) is 21.9 Å². The summed E-state index contributed by atoms with van der Waals surface area (Å²) in [6.07, 6.45) is 2.22. The lowest BCUT2D eigenvalue weighted by Gasteiger charge is -2.06. The molecule has 2 aromatic heterocycles. The van der Waals surface area contributed by atoms with Crippen LogP contribution < -0.4 is 10.3 Å². The van der Waals surface area contributed by atoms with Crippen molar-refractivity contribution in [2.24, 2.45) is 0 Å². The van der Waals surface area contributed by atoms with Gasteiger partial charge in [0.15, 0.2) is 0 Å². The van der Waals surface area contributed by atoms with Crippen molar-refractivity contribution in [2.75, 3.05) is 7.11 Å². The van der Waals surface area contributed by atoms with E-state index >= 15 is 0 Å². The number of ether oxygens (including phenoxy) is 1. The summed E-state index contributed by atoms with van der Waals surface area (Å²) in [5, 5.41) is 0.620. The second-order valence-electron chi connectivity index (χ2n) is 5.88. The van der Waals surface area contributed by atoms with Crippen LogP contribution in [0.15, 0.2) is 53.6 Å². The topological polar surface area (TPSA) is 59.9 Å². The smallest absolute Gasteiger partial charge is 0.277 e. The summed E-state index contributed by atoms with van der Waals surface area (Å²) in [7, 11) is 1.63. The van der Waals surface area contributed by atoms with Gasteiger partial charge in [0, 0.05) is 17.4 Å². The molecule has 0 radical (unpaired) electrons. The van der Waals surface area contributed by atoms with Crippen molar-refractivity contribution >= 4 is 21.9 Å². The highest BCUT2D eigenvalue weighted by Crippen LogP contribution is 2.22. The zero-order valence-corrected chi connectivity index (χ0v) is 13.6. The number of hydrogen-bond donors (Lipinski definition) is 1. The number of nitrogens with zero attached hydrogens (tertiary/aromatic N) is 2. The molecule has 4 rings (SSSR count). The van der Waals surface area contributed by atoms with Gasteiger partial charge in [0.25, 0.3) is 5.56 Å². The molecule has 0 saturated carbocycles. The first-order valence-corrected chi connectivity index (χ1v) is 7.95. The summed E-state index contributed by atoms with van der Waals surface area (Å²) < 4.78 is 20.2. The largest absolute Gasteiger partial charge is 0.497 e. The Morgan fingerprint density at radius 3 is 2.76 bits per heavy atom. The minimum Gasteiger partial charge on any atom is -0.497 e. The zero-order chi connectivity index (χ0) is 17.4. The van der Waals surface area contributed by atoms with E-state index in [1.165, 1.54) is 18.5 Å². The summed E-state index contributed by atoms with van der Waals surface area (Å²) in [4.78, 5) is 20.1. The van der Waals surface area contributed by atoms with E-state index in [9.17, 15) is 9.18 Å². The number of H-pyrrole nitrogens is 1. The molecule has 0 atom stereocenters. The Hall–Kier alpha value is -3.15. The number of hydrogen-bond acceptors (Lipinski definition) is 3. The van der Waals surface area contributed by atoms with Gasteiger partial charge in [-0.2, -0.15) is 0 Å². The van der Waals surface area contributed by atoms with Gasteiger partial charge in [-0.05, 0) is 42.3 Å². The Morgan fingerprint density at radius 2 is 2.00 bits per heavy atom. The highest BCUT2D eigenvalue weighted by Gasteiger charge is 2.11. The molecule has 2 aromatic carbocycles. The van der Waals surface area contributed by atoms with Gasteiger partial charge in [0.1, 0.15) is 22.6 Å². The SMILES string of the molecule is COc1ccc(CCn2cnc3c([nH]c4ccc(F)cc43)c2=O)cc1. The average Bonchev–Trinajstić information content (AvgIpc) is 3.00. The van der Waals surface area contributed by atoms with Gasteiger partial charge in [0.2, 0.25) is 0 Å². The molecule has 0 bridgehead atoms. The fourth-order valence-corrected chi connectivity index (χ4v) is 2.96. The lowest BCUT2D eigenvalue weighted by atomic mass is 10.1. The number of aryl methyl sites for hydroxylation is 2. The van der Waals surface area contributed by atoms with Crippen LogP contribution in [0.2, 0.25) is 0 Å². The molecule has 25 heavy (non-hydrogen) atoms. The third-order valence-electron chi connectivity index (χ3n) is 4.33. The number of fused-ring (bicyclic) bond motifs is 3. The Labute approximate surface area is 142 Å². The lowest BCUT2D eigenvalue weighted by Crippen LogP contribution is -2.21. The number of rotatable bonds is 4. The third-order valence-corrected chi connectivity index (χ3v) is 4.33. The number of benzene rings is 2. The fraction of sp³-hybridized carbons (Fsp3) is 0.158. The van der Waals surface area contributed by atoms with E-state index in [4.69, 9.17) is 4.74 Å². The number of aromatic amines is 1. The normalized spacial score (nSPS) is 11.3. The fourth-order valence-electron chi connectivity index (χ4n) is 2.96. The van der Waals surface area contributed by atoms with Crippen molar-refractivity contribution in [3.63, 3.8) is 0 Å². The molecular weight excluding hydrogens is 321 g/mol. The molecule has 4 aromatic rings. The van der Waals surface area contributed by atoms with Crippen molar-refractivity contribution in [2.45, 2.75) is 13.0 Å². The lowest BCUT2D eigenvalue weighted by molar-refractivity contribution is 0.414. The van der Waals surface area contributed by atoms with Gasteiger partial charge >= 0.3 is 0 Å². The number of aromatic nitrogens is 3. The molecule has 0 saturated heterocycles. The number of methoxy groups -OCH3 is 1. The molecule has 0 fully saturated rings.